The van der Waals surface area contributed by atoms with Crippen LogP contribution in [0.5, 0.6) is 0 Å². The molecule has 0 aliphatic carbocycles. The molecule has 0 aliphatic rings. The van der Waals surface area contributed by atoms with Gasteiger partial charge in [-0.25, -0.2) is 0 Å². The zero-order valence-corrected chi connectivity index (χ0v) is 18.2. The number of ether oxygens (including phenoxy) is 1. The number of hydrogen-bond donors (Lipinski definition) is 0. The predicted molar refractivity (Wildman–Crippen MR) is 117 cm³/mol. The first-order valence-electron chi connectivity index (χ1n) is 11.1. The van der Waals surface area contributed by atoms with Gasteiger partial charge in [-0.1, -0.05) is 57.9 Å². The minimum atomic E-state index is -0.0432. The van der Waals surface area contributed by atoms with Crippen molar-refractivity contribution in [3.8, 4) is 0 Å². The lowest BCUT2D eigenvalue weighted by Crippen LogP contribution is -2.21. The summed E-state index contributed by atoms with van der Waals surface area (Å²) in [6, 6.07) is 6.59. The molecule has 1 aromatic rings. The maximum atomic E-state index is 11.9. The average Bonchev–Trinajstić information content (AvgIpc) is 2.66. The van der Waals surface area contributed by atoms with E-state index >= 15 is 0 Å². The number of benzene rings is 1. The van der Waals surface area contributed by atoms with Crippen molar-refractivity contribution in [3.63, 3.8) is 0 Å². The predicted octanol–water partition coefficient (Wildman–Crippen LogP) is 6.46. The second kappa shape index (κ2) is 14.5. The number of anilines is 1. The molecule has 3 nitrogen and oxygen atoms in total. The van der Waals surface area contributed by atoms with Crippen LogP contribution in [0.1, 0.15) is 89.7 Å². The summed E-state index contributed by atoms with van der Waals surface area (Å²) in [4.78, 5) is 14.2. The largest absolute Gasteiger partial charge is 0.465 e. The summed E-state index contributed by atoms with van der Waals surface area (Å²) in [5.41, 5.74) is 3.82. The van der Waals surface area contributed by atoms with Gasteiger partial charge in [0, 0.05) is 31.6 Å². The molecule has 0 saturated carbocycles. The van der Waals surface area contributed by atoms with Crippen molar-refractivity contribution in [3.05, 3.63) is 29.3 Å². The van der Waals surface area contributed by atoms with E-state index in [2.05, 4.69) is 50.8 Å². The second-order valence-corrected chi connectivity index (χ2v) is 7.48. The molecule has 0 amide bonds. The van der Waals surface area contributed by atoms with E-state index in [1.807, 2.05) is 0 Å². The van der Waals surface area contributed by atoms with Crippen molar-refractivity contribution < 1.29 is 9.53 Å². The maximum Gasteiger partial charge on any atom is 0.305 e. The third kappa shape index (κ3) is 9.83. The normalized spacial score (nSPS) is 10.8. The Kier molecular flexibility index (Phi) is 12.7. The Morgan fingerprint density at radius 1 is 0.926 bits per heavy atom. The quantitative estimate of drug-likeness (QED) is 0.260. The molecule has 0 unspecified atom stereocenters. The SMILES string of the molecule is CCCCCCCCCCC(=O)OCCc1ccc(N(CC)CC)cc1C. The standard InChI is InChI=1S/C24H41NO2/c1-5-8-9-10-11-12-13-14-15-24(26)27-19-18-22-16-17-23(20-21(22)4)25(6-2)7-3/h16-17,20H,5-15,18-19H2,1-4H3. The monoisotopic (exact) mass is 375 g/mol. The van der Waals surface area contributed by atoms with Gasteiger partial charge in [-0.15, -0.1) is 0 Å². The highest BCUT2D eigenvalue weighted by molar-refractivity contribution is 5.69. The Balaban J connectivity index is 2.18. The van der Waals surface area contributed by atoms with Crippen LogP contribution in [0.3, 0.4) is 0 Å². The van der Waals surface area contributed by atoms with Crippen LogP contribution in [0.25, 0.3) is 0 Å². The van der Waals surface area contributed by atoms with Crippen molar-refractivity contribution in [2.24, 2.45) is 0 Å². The van der Waals surface area contributed by atoms with Crippen LogP contribution in [-0.4, -0.2) is 25.7 Å². The average molecular weight is 376 g/mol. The lowest BCUT2D eigenvalue weighted by Gasteiger charge is -2.22. The smallest absolute Gasteiger partial charge is 0.305 e. The van der Waals surface area contributed by atoms with Crippen molar-refractivity contribution in [2.75, 3.05) is 24.6 Å². The molecule has 0 radical (unpaired) electrons. The van der Waals surface area contributed by atoms with Gasteiger partial charge >= 0.3 is 5.97 Å². The number of aryl methyl sites for hydroxylation is 1. The van der Waals surface area contributed by atoms with E-state index in [1.165, 1.54) is 55.3 Å². The molecule has 0 atom stereocenters. The van der Waals surface area contributed by atoms with Gasteiger partial charge in [0.1, 0.15) is 0 Å². The molecule has 1 rings (SSSR count). The molecule has 0 aliphatic heterocycles. The van der Waals surface area contributed by atoms with E-state index in [0.29, 0.717) is 13.0 Å². The van der Waals surface area contributed by atoms with Crippen LogP contribution >= 0.6 is 0 Å². The highest BCUT2D eigenvalue weighted by Crippen LogP contribution is 2.19. The first-order chi connectivity index (χ1) is 13.1. The minimum absolute atomic E-state index is 0.0432. The van der Waals surface area contributed by atoms with Gasteiger partial charge in [-0.05, 0) is 50.5 Å². The van der Waals surface area contributed by atoms with Gasteiger partial charge in [0.15, 0.2) is 0 Å². The number of carbonyl (C=O) groups excluding carboxylic acids is 1. The highest BCUT2D eigenvalue weighted by atomic mass is 16.5. The fraction of sp³-hybridized carbons (Fsp3) is 0.708. The topological polar surface area (TPSA) is 29.5 Å². The van der Waals surface area contributed by atoms with Crippen LogP contribution in [-0.2, 0) is 16.0 Å². The molecular formula is C24H41NO2. The molecule has 0 heterocycles. The number of hydrogen-bond acceptors (Lipinski definition) is 3. The lowest BCUT2D eigenvalue weighted by molar-refractivity contribution is -0.143. The Hall–Kier alpha value is -1.51. The third-order valence-electron chi connectivity index (χ3n) is 5.32. The van der Waals surface area contributed by atoms with Crippen LogP contribution in [0.2, 0.25) is 0 Å². The van der Waals surface area contributed by atoms with Crippen molar-refractivity contribution in [2.45, 2.75) is 91.9 Å². The summed E-state index contributed by atoms with van der Waals surface area (Å²) >= 11 is 0. The highest BCUT2D eigenvalue weighted by Gasteiger charge is 2.07. The molecule has 3 heteroatoms. The first kappa shape index (κ1) is 23.5. The molecular weight excluding hydrogens is 334 g/mol. The summed E-state index contributed by atoms with van der Waals surface area (Å²) in [7, 11) is 0. The number of rotatable bonds is 15. The number of esters is 1. The fourth-order valence-electron chi connectivity index (χ4n) is 3.50. The molecule has 0 bridgehead atoms. The van der Waals surface area contributed by atoms with E-state index in [9.17, 15) is 4.79 Å². The molecule has 0 saturated heterocycles. The molecule has 0 spiro atoms. The van der Waals surface area contributed by atoms with Crippen LogP contribution < -0.4 is 4.90 Å². The molecule has 0 fully saturated rings. The van der Waals surface area contributed by atoms with Crippen molar-refractivity contribution >= 4 is 11.7 Å². The van der Waals surface area contributed by atoms with Crippen LogP contribution in [0.4, 0.5) is 5.69 Å². The fourth-order valence-corrected chi connectivity index (χ4v) is 3.50. The maximum absolute atomic E-state index is 11.9. The van der Waals surface area contributed by atoms with Crippen molar-refractivity contribution in [1.82, 2.24) is 0 Å². The number of carbonyl (C=O) groups is 1. The van der Waals surface area contributed by atoms with E-state index in [4.69, 9.17) is 4.74 Å². The van der Waals surface area contributed by atoms with Crippen LogP contribution in [0, 0.1) is 6.92 Å². The van der Waals surface area contributed by atoms with Gasteiger partial charge in [-0.3, -0.25) is 4.79 Å². The Bertz CT molecular complexity index is 523. The van der Waals surface area contributed by atoms with Gasteiger partial charge in [-0.2, -0.15) is 0 Å². The van der Waals surface area contributed by atoms with Gasteiger partial charge in [0.25, 0.3) is 0 Å². The summed E-state index contributed by atoms with van der Waals surface area (Å²) in [5.74, 6) is -0.0432. The third-order valence-corrected chi connectivity index (χ3v) is 5.32. The van der Waals surface area contributed by atoms with Gasteiger partial charge in [0.2, 0.25) is 0 Å². The van der Waals surface area contributed by atoms with E-state index in [0.717, 1.165) is 32.4 Å². The molecule has 27 heavy (non-hydrogen) atoms. The Morgan fingerprint density at radius 3 is 2.15 bits per heavy atom. The van der Waals surface area contributed by atoms with Crippen molar-refractivity contribution in [1.29, 1.82) is 0 Å². The molecule has 154 valence electrons. The van der Waals surface area contributed by atoms with E-state index in [-0.39, 0.29) is 5.97 Å². The summed E-state index contributed by atoms with van der Waals surface area (Å²) < 4.78 is 5.43. The summed E-state index contributed by atoms with van der Waals surface area (Å²) in [6.07, 6.45) is 11.4. The summed E-state index contributed by atoms with van der Waals surface area (Å²) in [6.45, 7) is 11.3. The first-order valence-corrected chi connectivity index (χ1v) is 11.1. The number of nitrogens with zero attached hydrogens (tertiary/aromatic N) is 1. The second-order valence-electron chi connectivity index (χ2n) is 7.48. The Morgan fingerprint density at radius 2 is 1.56 bits per heavy atom. The zero-order valence-electron chi connectivity index (χ0n) is 18.2. The number of unbranched alkanes of at least 4 members (excludes halogenated alkanes) is 7. The molecule has 0 aromatic heterocycles. The Labute approximate surface area is 167 Å². The van der Waals surface area contributed by atoms with Gasteiger partial charge < -0.3 is 9.64 Å². The van der Waals surface area contributed by atoms with E-state index in [1.54, 1.807) is 0 Å². The summed E-state index contributed by atoms with van der Waals surface area (Å²) in [5, 5.41) is 0. The molecule has 0 N–H and O–H groups in total. The zero-order chi connectivity index (χ0) is 19.9. The lowest BCUT2D eigenvalue weighted by atomic mass is 10.0. The molecule has 1 aromatic carbocycles. The minimum Gasteiger partial charge on any atom is -0.465 e. The van der Waals surface area contributed by atoms with Crippen LogP contribution in [0.15, 0.2) is 18.2 Å². The van der Waals surface area contributed by atoms with Gasteiger partial charge in [0.05, 0.1) is 6.61 Å². The van der Waals surface area contributed by atoms with E-state index < -0.39 is 0 Å².